The van der Waals surface area contributed by atoms with Crippen molar-refractivity contribution < 1.29 is 0 Å². The van der Waals surface area contributed by atoms with E-state index >= 15 is 0 Å². The summed E-state index contributed by atoms with van der Waals surface area (Å²) < 4.78 is 0. The van der Waals surface area contributed by atoms with E-state index in [1.165, 1.54) is 45.1 Å². The summed E-state index contributed by atoms with van der Waals surface area (Å²) >= 11 is 0. The van der Waals surface area contributed by atoms with Gasteiger partial charge < -0.3 is 5.32 Å². The Morgan fingerprint density at radius 1 is 1.17 bits per heavy atom. The smallest absolute Gasteiger partial charge is 0.00447 e. The number of nitrogens with one attached hydrogen (secondary N) is 1. The zero-order chi connectivity index (χ0) is 7.73. The third-order valence-electron chi connectivity index (χ3n) is 3.48. The van der Waals surface area contributed by atoms with Crippen molar-refractivity contribution in [1.82, 2.24) is 5.32 Å². The normalized spacial score (nSPS) is 33.2. The summed E-state index contributed by atoms with van der Waals surface area (Å²) in [7, 11) is 0. The summed E-state index contributed by atoms with van der Waals surface area (Å²) in [6.07, 6.45) is 8.86. The van der Waals surface area contributed by atoms with E-state index in [4.69, 9.17) is 0 Å². The van der Waals surface area contributed by atoms with Crippen molar-refractivity contribution in [2.75, 3.05) is 6.54 Å². The highest BCUT2D eigenvalue weighted by atomic mass is 35.5. The molecule has 1 aliphatic carbocycles. The number of hydrogen-bond donors (Lipinski definition) is 1. The molecule has 1 spiro atoms. The fourth-order valence-corrected chi connectivity index (χ4v) is 2.87. The minimum atomic E-state index is 0. The van der Waals surface area contributed by atoms with Crippen molar-refractivity contribution >= 4 is 12.4 Å². The fraction of sp³-hybridized carbons (Fsp3) is 1.00. The van der Waals surface area contributed by atoms with Gasteiger partial charge in [0.1, 0.15) is 0 Å². The third kappa shape index (κ3) is 1.94. The van der Waals surface area contributed by atoms with Crippen LogP contribution < -0.4 is 5.32 Å². The fourth-order valence-electron chi connectivity index (χ4n) is 2.87. The van der Waals surface area contributed by atoms with E-state index in [2.05, 4.69) is 12.2 Å². The molecular formula is C10H20ClN. The van der Waals surface area contributed by atoms with Crippen LogP contribution in [-0.4, -0.2) is 12.6 Å². The van der Waals surface area contributed by atoms with E-state index in [0.29, 0.717) is 0 Å². The molecule has 72 valence electrons. The number of rotatable bonds is 0. The molecule has 1 N–H and O–H groups in total. The van der Waals surface area contributed by atoms with Crippen molar-refractivity contribution in [2.45, 2.75) is 51.5 Å². The summed E-state index contributed by atoms with van der Waals surface area (Å²) in [5.41, 5.74) is 0.734. The molecule has 0 bridgehead atoms. The van der Waals surface area contributed by atoms with Gasteiger partial charge in [-0.3, -0.25) is 0 Å². The molecule has 0 aromatic rings. The molecule has 1 saturated heterocycles. The van der Waals surface area contributed by atoms with E-state index in [1.54, 1.807) is 0 Å². The lowest BCUT2D eigenvalue weighted by Crippen LogP contribution is -2.26. The summed E-state index contributed by atoms with van der Waals surface area (Å²) in [6, 6.07) is 0.785. The Balaban J connectivity index is 0.000000720. The molecule has 0 aromatic heterocycles. The van der Waals surface area contributed by atoms with Gasteiger partial charge in [-0.25, -0.2) is 0 Å². The Hall–Kier alpha value is 0.250. The average molecular weight is 190 g/mol. The minimum Gasteiger partial charge on any atom is -0.314 e. The Kier molecular flexibility index (Phi) is 3.42. The molecule has 0 radical (unpaired) electrons. The second-order valence-electron chi connectivity index (χ2n) is 4.55. The third-order valence-corrected chi connectivity index (χ3v) is 3.48. The summed E-state index contributed by atoms with van der Waals surface area (Å²) in [4.78, 5) is 0. The van der Waals surface area contributed by atoms with E-state index < -0.39 is 0 Å². The van der Waals surface area contributed by atoms with E-state index in [1.807, 2.05) is 0 Å². The van der Waals surface area contributed by atoms with Crippen LogP contribution in [0, 0.1) is 5.41 Å². The zero-order valence-electron chi connectivity index (χ0n) is 7.94. The van der Waals surface area contributed by atoms with Crippen molar-refractivity contribution in [3.05, 3.63) is 0 Å². The van der Waals surface area contributed by atoms with Gasteiger partial charge in [0, 0.05) is 12.6 Å². The molecular weight excluding hydrogens is 170 g/mol. The molecule has 12 heavy (non-hydrogen) atoms. The molecule has 2 fully saturated rings. The molecule has 1 heterocycles. The highest BCUT2D eigenvalue weighted by molar-refractivity contribution is 5.85. The topological polar surface area (TPSA) is 12.0 Å². The van der Waals surface area contributed by atoms with Crippen LogP contribution >= 0.6 is 12.4 Å². The number of halogens is 1. The van der Waals surface area contributed by atoms with Gasteiger partial charge in [0.25, 0.3) is 0 Å². The molecule has 2 aliphatic rings. The lowest BCUT2D eigenvalue weighted by atomic mass is 9.73. The van der Waals surface area contributed by atoms with Gasteiger partial charge in [-0.2, -0.15) is 0 Å². The second kappa shape index (κ2) is 3.97. The van der Waals surface area contributed by atoms with E-state index in [0.717, 1.165) is 11.5 Å². The van der Waals surface area contributed by atoms with Crippen LogP contribution in [0.25, 0.3) is 0 Å². The molecule has 1 saturated carbocycles. The lowest BCUT2D eigenvalue weighted by molar-refractivity contribution is 0.212. The first-order valence-corrected chi connectivity index (χ1v) is 5.04. The minimum absolute atomic E-state index is 0. The molecule has 0 unspecified atom stereocenters. The summed E-state index contributed by atoms with van der Waals surface area (Å²) in [5.74, 6) is 0. The van der Waals surface area contributed by atoms with Gasteiger partial charge in [0.2, 0.25) is 0 Å². The number of hydrogen-bond acceptors (Lipinski definition) is 1. The summed E-state index contributed by atoms with van der Waals surface area (Å²) in [5, 5.41) is 3.58. The van der Waals surface area contributed by atoms with E-state index in [-0.39, 0.29) is 12.4 Å². The van der Waals surface area contributed by atoms with Crippen LogP contribution in [0.5, 0.6) is 0 Å². The second-order valence-corrected chi connectivity index (χ2v) is 4.55. The first-order chi connectivity index (χ1) is 5.31. The monoisotopic (exact) mass is 189 g/mol. The van der Waals surface area contributed by atoms with Gasteiger partial charge in [-0.05, 0) is 31.6 Å². The van der Waals surface area contributed by atoms with Gasteiger partial charge in [-0.15, -0.1) is 12.4 Å². The lowest BCUT2D eigenvalue weighted by Gasteiger charge is -2.32. The van der Waals surface area contributed by atoms with Crippen molar-refractivity contribution in [3.63, 3.8) is 0 Å². The Morgan fingerprint density at radius 2 is 1.83 bits per heavy atom. The van der Waals surface area contributed by atoms with Gasteiger partial charge in [0.15, 0.2) is 0 Å². The quantitative estimate of drug-likeness (QED) is 0.618. The molecule has 2 rings (SSSR count). The van der Waals surface area contributed by atoms with Crippen LogP contribution in [0.3, 0.4) is 0 Å². The average Bonchev–Trinajstić information content (AvgIpc) is 2.34. The van der Waals surface area contributed by atoms with Crippen LogP contribution in [-0.2, 0) is 0 Å². The molecule has 1 aliphatic heterocycles. The van der Waals surface area contributed by atoms with E-state index in [9.17, 15) is 0 Å². The highest BCUT2D eigenvalue weighted by Gasteiger charge is 2.37. The maximum Gasteiger partial charge on any atom is 0.00447 e. The maximum absolute atomic E-state index is 3.58. The van der Waals surface area contributed by atoms with Gasteiger partial charge in [0.05, 0.1) is 0 Å². The van der Waals surface area contributed by atoms with Crippen molar-refractivity contribution in [2.24, 2.45) is 5.41 Å². The van der Waals surface area contributed by atoms with Gasteiger partial charge in [-0.1, -0.05) is 19.3 Å². The maximum atomic E-state index is 3.58. The van der Waals surface area contributed by atoms with Crippen LogP contribution in [0.4, 0.5) is 0 Å². The predicted octanol–water partition coefficient (Wildman–Crippen LogP) is 2.74. The molecule has 2 heteroatoms. The zero-order valence-corrected chi connectivity index (χ0v) is 8.75. The standard InChI is InChI=1S/C10H19N.ClH/c1-9-7-10(8-11-9)5-3-2-4-6-10;/h9,11H,2-8H2,1H3;1H/t9-;/m1./s1. The first kappa shape index (κ1) is 10.3. The van der Waals surface area contributed by atoms with Crippen molar-refractivity contribution in [3.8, 4) is 0 Å². The summed E-state index contributed by atoms with van der Waals surface area (Å²) in [6.45, 7) is 3.62. The SMILES string of the molecule is C[C@@H]1CC2(CCCCC2)CN1.Cl. The van der Waals surface area contributed by atoms with Crippen LogP contribution in [0.1, 0.15) is 45.4 Å². The Labute approximate surface area is 81.7 Å². The predicted molar refractivity (Wildman–Crippen MR) is 54.8 cm³/mol. The molecule has 1 nitrogen and oxygen atoms in total. The first-order valence-electron chi connectivity index (χ1n) is 5.04. The molecule has 0 aromatic carbocycles. The Morgan fingerprint density at radius 3 is 2.33 bits per heavy atom. The molecule has 1 atom stereocenters. The van der Waals surface area contributed by atoms with Crippen LogP contribution in [0.15, 0.2) is 0 Å². The molecule has 0 amide bonds. The highest BCUT2D eigenvalue weighted by Crippen LogP contribution is 2.42. The Bertz CT molecular complexity index is 135. The van der Waals surface area contributed by atoms with Crippen molar-refractivity contribution in [1.29, 1.82) is 0 Å². The largest absolute Gasteiger partial charge is 0.314 e. The van der Waals surface area contributed by atoms with Crippen LogP contribution in [0.2, 0.25) is 0 Å². The van der Waals surface area contributed by atoms with Gasteiger partial charge >= 0.3 is 0 Å².